The second-order valence-corrected chi connectivity index (χ2v) is 5.91. The Balaban J connectivity index is 2.38. The van der Waals surface area contributed by atoms with Gasteiger partial charge in [0.25, 0.3) is 0 Å². The third-order valence-corrected chi connectivity index (χ3v) is 4.09. The van der Waals surface area contributed by atoms with Crippen molar-refractivity contribution in [2.75, 3.05) is 6.61 Å². The third-order valence-electron chi connectivity index (χ3n) is 4.09. The zero-order valence-corrected chi connectivity index (χ0v) is 12.3. The molecule has 2 rings (SSSR count). The minimum Gasteiger partial charge on any atom is -0.460 e. The lowest BCUT2D eigenvalue weighted by Crippen LogP contribution is -2.33. The van der Waals surface area contributed by atoms with Crippen LogP contribution in [0.2, 0.25) is 0 Å². The third kappa shape index (κ3) is 2.65. The molecular formula is C14H23N3O2. The average molecular weight is 265 g/mol. The predicted octanol–water partition coefficient (Wildman–Crippen LogP) is 2.90. The highest BCUT2D eigenvalue weighted by Crippen LogP contribution is 2.44. The van der Waals surface area contributed by atoms with Crippen LogP contribution in [0.25, 0.3) is 0 Å². The Labute approximate surface area is 114 Å². The van der Waals surface area contributed by atoms with E-state index in [1.807, 2.05) is 11.5 Å². The Morgan fingerprint density at radius 3 is 2.79 bits per heavy atom. The van der Waals surface area contributed by atoms with Gasteiger partial charge in [-0.1, -0.05) is 26.7 Å². The van der Waals surface area contributed by atoms with Crippen molar-refractivity contribution in [3.8, 4) is 0 Å². The van der Waals surface area contributed by atoms with Gasteiger partial charge in [0.05, 0.1) is 6.61 Å². The zero-order chi connectivity index (χ0) is 14.0. The highest BCUT2D eigenvalue weighted by atomic mass is 16.5. The summed E-state index contributed by atoms with van der Waals surface area (Å²) in [6, 6.07) is 0.274. The quantitative estimate of drug-likeness (QED) is 0.788. The molecule has 0 radical (unpaired) electrons. The van der Waals surface area contributed by atoms with Crippen molar-refractivity contribution in [3.63, 3.8) is 0 Å². The molecule has 1 fully saturated rings. The van der Waals surface area contributed by atoms with Crippen LogP contribution in [0.1, 0.15) is 68.9 Å². The Morgan fingerprint density at radius 1 is 1.42 bits per heavy atom. The van der Waals surface area contributed by atoms with E-state index in [2.05, 4.69) is 24.0 Å². The molecule has 1 saturated carbocycles. The largest absolute Gasteiger partial charge is 0.460 e. The van der Waals surface area contributed by atoms with E-state index in [-0.39, 0.29) is 17.4 Å². The number of carbonyl (C=O) groups is 1. The molecular weight excluding hydrogens is 242 g/mol. The molecule has 0 bridgehead atoms. The monoisotopic (exact) mass is 265 g/mol. The van der Waals surface area contributed by atoms with Crippen LogP contribution in [0, 0.1) is 12.3 Å². The Kier molecular flexibility index (Phi) is 3.92. The number of ether oxygens (including phenoxy) is 1. The number of hydrogen-bond donors (Lipinski definition) is 0. The molecule has 0 saturated heterocycles. The fourth-order valence-electron chi connectivity index (χ4n) is 3.03. The first-order valence-electron chi connectivity index (χ1n) is 7.06. The SMILES string of the molecule is CCOC(=O)c1nnc(C)n1C1CCCCC1(C)C. The van der Waals surface area contributed by atoms with E-state index in [0.29, 0.717) is 12.4 Å². The summed E-state index contributed by atoms with van der Waals surface area (Å²) in [6.45, 7) is 8.58. The Morgan fingerprint density at radius 2 is 2.16 bits per heavy atom. The first kappa shape index (κ1) is 14.0. The summed E-state index contributed by atoms with van der Waals surface area (Å²) in [5, 5.41) is 8.09. The van der Waals surface area contributed by atoms with Crippen LogP contribution in [0.4, 0.5) is 0 Å². The summed E-state index contributed by atoms with van der Waals surface area (Å²) < 4.78 is 7.06. The molecule has 1 atom stereocenters. The molecule has 5 heteroatoms. The molecule has 5 nitrogen and oxygen atoms in total. The van der Waals surface area contributed by atoms with E-state index >= 15 is 0 Å². The summed E-state index contributed by atoms with van der Waals surface area (Å²) in [6.07, 6.45) is 4.67. The van der Waals surface area contributed by atoms with Crippen molar-refractivity contribution in [1.82, 2.24) is 14.8 Å². The standard InChI is InChI=1S/C14H23N3O2/c1-5-19-13(18)12-16-15-10(2)17(12)11-8-6-7-9-14(11,3)4/h11H,5-9H2,1-4H3. The lowest BCUT2D eigenvalue weighted by molar-refractivity contribution is 0.0487. The number of esters is 1. The second-order valence-electron chi connectivity index (χ2n) is 5.91. The average Bonchev–Trinajstić information content (AvgIpc) is 2.71. The molecule has 1 unspecified atom stereocenters. The molecule has 1 heterocycles. The normalized spacial score (nSPS) is 22.2. The minimum atomic E-state index is -0.371. The molecule has 1 aromatic rings. The number of aromatic nitrogens is 3. The van der Waals surface area contributed by atoms with Crippen molar-refractivity contribution in [3.05, 3.63) is 11.6 Å². The first-order valence-corrected chi connectivity index (χ1v) is 7.06. The molecule has 19 heavy (non-hydrogen) atoms. The molecule has 106 valence electrons. The molecule has 1 aliphatic rings. The van der Waals surface area contributed by atoms with E-state index in [1.165, 1.54) is 12.8 Å². The van der Waals surface area contributed by atoms with Gasteiger partial charge in [0.15, 0.2) is 0 Å². The topological polar surface area (TPSA) is 57.0 Å². The van der Waals surface area contributed by atoms with Gasteiger partial charge >= 0.3 is 5.97 Å². The van der Waals surface area contributed by atoms with Gasteiger partial charge in [-0.15, -0.1) is 10.2 Å². The highest BCUT2D eigenvalue weighted by molar-refractivity contribution is 5.85. The van der Waals surface area contributed by atoms with Gasteiger partial charge in [-0.25, -0.2) is 4.79 Å². The minimum absolute atomic E-state index is 0.159. The van der Waals surface area contributed by atoms with E-state index in [4.69, 9.17) is 4.74 Å². The van der Waals surface area contributed by atoms with E-state index in [9.17, 15) is 4.79 Å². The smallest absolute Gasteiger partial charge is 0.376 e. The molecule has 0 aromatic carbocycles. The van der Waals surface area contributed by atoms with Crippen LogP contribution < -0.4 is 0 Å². The van der Waals surface area contributed by atoms with Crippen molar-refractivity contribution in [2.45, 2.75) is 59.4 Å². The predicted molar refractivity (Wildman–Crippen MR) is 72.0 cm³/mol. The zero-order valence-electron chi connectivity index (χ0n) is 12.3. The maximum Gasteiger partial charge on any atom is 0.376 e. The molecule has 1 aromatic heterocycles. The molecule has 0 aliphatic heterocycles. The summed E-state index contributed by atoms with van der Waals surface area (Å²) in [5.74, 6) is 0.770. The lowest BCUT2D eigenvalue weighted by atomic mass is 9.73. The van der Waals surface area contributed by atoms with Gasteiger partial charge in [0.1, 0.15) is 5.82 Å². The maximum absolute atomic E-state index is 12.0. The van der Waals surface area contributed by atoms with Crippen LogP contribution in [0.3, 0.4) is 0 Å². The van der Waals surface area contributed by atoms with Crippen LogP contribution >= 0.6 is 0 Å². The van der Waals surface area contributed by atoms with Crippen LogP contribution in [0.5, 0.6) is 0 Å². The maximum atomic E-state index is 12.0. The summed E-state index contributed by atoms with van der Waals surface area (Å²) in [7, 11) is 0. The number of rotatable bonds is 3. The van der Waals surface area contributed by atoms with Crippen molar-refractivity contribution < 1.29 is 9.53 Å². The van der Waals surface area contributed by atoms with Crippen LogP contribution in [-0.2, 0) is 4.74 Å². The van der Waals surface area contributed by atoms with Crippen LogP contribution in [-0.4, -0.2) is 27.3 Å². The first-order chi connectivity index (χ1) is 8.97. The van der Waals surface area contributed by atoms with Gasteiger partial charge in [0.2, 0.25) is 5.82 Å². The Hall–Kier alpha value is -1.39. The van der Waals surface area contributed by atoms with Crippen LogP contribution in [0.15, 0.2) is 0 Å². The van der Waals surface area contributed by atoms with Gasteiger partial charge < -0.3 is 9.30 Å². The van der Waals surface area contributed by atoms with Gasteiger partial charge in [-0.2, -0.15) is 0 Å². The van der Waals surface area contributed by atoms with Crippen molar-refractivity contribution in [1.29, 1.82) is 0 Å². The van der Waals surface area contributed by atoms with E-state index in [1.54, 1.807) is 6.92 Å². The van der Waals surface area contributed by atoms with Crippen molar-refractivity contribution >= 4 is 5.97 Å². The highest BCUT2D eigenvalue weighted by Gasteiger charge is 2.37. The summed E-state index contributed by atoms with van der Waals surface area (Å²) in [4.78, 5) is 12.0. The van der Waals surface area contributed by atoms with Crippen molar-refractivity contribution in [2.24, 2.45) is 5.41 Å². The molecule has 0 amide bonds. The lowest BCUT2D eigenvalue weighted by Gasteiger charge is -2.40. The van der Waals surface area contributed by atoms with Gasteiger partial charge in [0, 0.05) is 6.04 Å². The summed E-state index contributed by atoms with van der Waals surface area (Å²) in [5.41, 5.74) is 0.159. The number of hydrogen-bond acceptors (Lipinski definition) is 4. The van der Waals surface area contributed by atoms with Gasteiger partial charge in [-0.3, -0.25) is 0 Å². The fourth-order valence-corrected chi connectivity index (χ4v) is 3.03. The number of carbonyl (C=O) groups excluding carboxylic acids is 1. The molecule has 1 aliphatic carbocycles. The molecule has 0 N–H and O–H groups in total. The summed E-state index contributed by atoms with van der Waals surface area (Å²) >= 11 is 0. The van der Waals surface area contributed by atoms with E-state index < -0.39 is 0 Å². The van der Waals surface area contributed by atoms with Gasteiger partial charge in [-0.05, 0) is 32.1 Å². The Bertz CT molecular complexity index is 465. The fraction of sp³-hybridized carbons (Fsp3) is 0.786. The number of aryl methyl sites for hydroxylation is 1. The van der Waals surface area contributed by atoms with E-state index in [0.717, 1.165) is 18.7 Å². The second kappa shape index (κ2) is 5.31. The molecule has 0 spiro atoms. The number of nitrogens with zero attached hydrogens (tertiary/aromatic N) is 3.